The Hall–Kier alpha value is -0.900. The molecule has 1 aromatic carbocycles. The minimum atomic E-state index is 0.198. The predicted molar refractivity (Wildman–Crippen MR) is 81.3 cm³/mol. The van der Waals surface area contributed by atoms with Crippen LogP contribution in [0.2, 0.25) is 0 Å². The Labute approximate surface area is 121 Å². The van der Waals surface area contributed by atoms with E-state index in [2.05, 4.69) is 36.6 Å². The van der Waals surface area contributed by atoms with Crippen LogP contribution in [-0.4, -0.2) is 18.2 Å². The van der Waals surface area contributed by atoms with Gasteiger partial charge in [-0.25, -0.2) is 0 Å². The maximum atomic E-state index is 6.03. The Balaban J connectivity index is 1.68. The van der Waals surface area contributed by atoms with Crippen LogP contribution in [-0.2, 0) is 11.2 Å². The summed E-state index contributed by atoms with van der Waals surface area (Å²) >= 11 is 0. The fourth-order valence-corrected chi connectivity index (χ4v) is 3.77. The summed E-state index contributed by atoms with van der Waals surface area (Å²) in [6.07, 6.45) is 7.13. The van der Waals surface area contributed by atoms with E-state index in [9.17, 15) is 0 Å². The second kappa shape index (κ2) is 5.84. The van der Waals surface area contributed by atoms with Crippen molar-refractivity contribution in [1.29, 1.82) is 0 Å². The Bertz CT molecular complexity index is 456. The molecule has 3 nitrogen and oxygen atoms in total. The number of nitrogens with one attached hydrogen (secondary N) is 1. The number of ether oxygens (including phenoxy) is 1. The first-order chi connectivity index (χ1) is 9.72. The van der Waals surface area contributed by atoms with Crippen LogP contribution in [0.3, 0.4) is 0 Å². The van der Waals surface area contributed by atoms with E-state index in [4.69, 9.17) is 10.6 Å². The van der Waals surface area contributed by atoms with E-state index in [1.54, 1.807) is 0 Å². The van der Waals surface area contributed by atoms with Gasteiger partial charge < -0.3 is 4.74 Å². The van der Waals surface area contributed by atoms with Gasteiger partial charge in [0.2, 0.25) is 0 Å². The molecule has 3 rings (SSSR count). The zero-order valence-corrected chi connectivity index (χ0v) is 12.4. The molecule has 1 aliphatic heterocycles. The first kappa shape index (κ1) is 14.1. The highest BCUT2D eigenvalue weighted by molar-refractivity contribution is 5.26. The van der Waals surface area contributed by atoms with Gasteiger partial charge >= 0.3 is 0 Å². The van der Waals surface area contributed by atoms with Gasteiger partial charge in [-0.2, -0.15) is 0 Å². The highest BCUT2D eigenvalue weighted by Gasteiger charge is 2.44. The van der Waals surface area contributed by atoms with Crippen LogP contribution in [0.25, 0.3) is 0 Å². The molecule has 1 spiro atoms. The van der Waals surface area contributed by atoms with Crippen LogP contribution in [0.15, 0.2) is 24.3 Å². The van der Waals surface area contributed by atoms with Gasteiger partial charge in [0.05, 0.1) is 5.60 Å². The Kier molecular flexibility index (Phi) is 4.11. The first-order valence-electron chi connectivity index (χ1n) is 7.87. The molecule has 0 aromatic heterocycles. The Morgan fingerprint density at radius 1 is 1.40 bits per heavy atom. The molecule has 20 heavy (non-hydrogen) atoms. The van der Waals surface area contributed by atoms with Crippen LogP contribution in [0.5, 0.6) is 0 Å². The summed E-state index contributed by atoms with van der Waals surface area (Å²) in [6, 6.07) is 8.98. The zero-order chi connectivity index (χ0) is 14.0. The third kappa shape index (κ3) is 2.76. The summed E-state index contributed by atoms with van der Waals surface area (Å²) in [5.74, 6) is 6.49. The van der Waals surface area contributed by atoms with Crippen molar-refractivity contribution in [3.8, 4) is 0 Å². The van der Waals surface area contributed by atoms with E-state index in [1.165, 1.54) is 36.8 Å². The molecule has 110 valence electrons. The molecule has 0 radical (unpaired) electrons. The highest BCUT2D eigenvalue weighted by Crippen LogP contribution is 2.45. The van der Waals surface area contributed by atoms with E-state index in [1.807, 2.05) is 0 Å². The molecule has 1 aromatic rings. The molecular formula is C17H26N2O. The molecule has 1 aliphatic carbocycles. The van der Waals surface area contributed by atoms with Gasteiger partial charge in [0.25, 0.3) is 0 Å². The molecule has 1 heterocycles. The summed E-state index contributed by atoms with van der Waals surface area (Å²) in [6.45, 7) is 3.08. The maximum absolute atomic E-state index is 6.03. The summed E-state index contributed by atoms with van der Waals surface area (Å²) in [5.41, 5.74) is 6.04. The van der Waals surface area contributed by atoms with Crippen LogP contribution in [0.4, 0.5) is 0 Å². The van der Waals surface area contributed by atoms with E-state index >= 15 is 0 Å². The SMILES string of the molecule is Cc1ccccc1CC(NN)C1CCOC2(CCC2)C1. The average Bonchev–Trinajstić information content (AvgIpc) is 2.45. The predicted octanol–water partition coefficient (Wildman–Crippen LogP) is 2.72. The molecule has 2 unspecified atom stereocenters. The maximum Gasteiger partial charge on any atom is 0.0685 e. The monoisotopic (exact) mass is 274 g/mol. The minimum absolute atomic E-state index is 0.198. The van der Waals surface area contributed by atoms with Crippen LogP contribution in [0, 0.1) is 12.8 Å². The topological polar surface area (TPSA) is 47.3 Å². The third-order valence-electron chi connectivity index (χ3n) is 5.28. The standard InChI is InChI=1S/C17H26N2O/c1-13-5-2-3-6-14(13)11-16(19-18)15-7-10-20-17(12-15)8-4-9-17/h2-3,5-6,15-16,19H,4,7-12,18H2,1H3. The van der Waals surface area contributed by atoms with Crippen molar-refractivity contribution in [3.05, 3.63) is 35.4 Å². The number of nitrogens with two attached hydrogens (primary N) is 1. The van der Waals surface area contributed by atoms with Crippen molar-refractivity contribution < 1.29 is 4.74 Å². The number of rotatable bonds is 4. The fraction of sp³-hybridized carbons (Fsp3) is 0.647. The third-order valence-corrected chi connectivity index (χ3v) is 5.28. The van der Waals surface area contributed by atoms with Gasteiger partial charge in [-0.15, -0.1) is 0 Å². The zero-order valence-electron chi connectivity index (χ0n) is 12.4. The number of aryl methyl sites for hydroxylation is 1. The molecule has 3 N–H and O–H groups in total. The van der Waals surface area contributed by atoms with Gasteiger partial charge in [-0.3, -0.25) is 11.3 Å². The van der Waals surface area contributed by atoms with Gasteiger partial charge in [-0.05, 0) is 62.5 Å². The molecule has 0 amide bonds. The molecule has 2 aliphatic rings. The quantitative estimate of drug-likeness (QED) is 0.655. The van der Waals surface area contributed by atoms with Crippen molar-refractivity contribution in [2.24, 2.45) is 11.8 Å². The number of hydrogen-bond acceptors (Lipinski definition) is 3. The number of benzene rings is 1. The van der Waals surface area contributed by atoms with Crippen molar-refractivity contribution in [2.45, 2.75) is 57.1 Å². The number of hydrogen-bond donors (Lipinski definition) is 2. The van der Waals surface area contributed by atoms with Crippen molar-refractivity contribution in [2.75, 3.05) is 6.61 Å². The number of hydrazine groups is 1. The summed E-state index contributed by atoms with van der Waals surface area (Å²) in [7, 11) is 0. The molecule has 2 fully saturated rings. The fourth-order valence-electron chi connectivity index (χ4n) is 3.77. The smallest absolute Gasteiger partial charge is 0.0685 e. The molecule has 2 atom stereocenters. The van der Waals surface area contributed by atoms with E-state index in [0.717, 1.165) is 19.4 Å². The molecule has 3 heteroatoms. The molecule has 0 bridgehead atoms. The lowest BCUT2D eigenvalue weighted by Gasteiger charge is -2.48. The van der Waals surface area contributed by atoms with Crippen molar-refractivity contribution in [1.82, 2.24) is 5.43 Å². The molecule has 1 saturated carbocycles. The van der Waals surface area contributed by atoms with Gasteiger partial charge in [0.15, 0.2) is 0 Å². The van der Waals surface area contributed by atoms with E-state index in [-0.39, 0.29) is 5.60 Å². The normalized spacial score (nSPS) is 26.2. The van der Waals surface area contributed by atoms with Crippen molar-refractivity contribution >= 4 is 0 Å². The van der Waals surface area contributed by atoms with Gasteiger partial charge in [0.1, 0.15) is 0 Å². The lowest BCUT2D eigenvalue weighted by molar-refractivity contribution is -0.147. The molecular weight excluding hydrogens is 248 g/mol. The van der Waals surface area contributed by atoms with Gasteiger partial charge in [0, 0.05) is 12.6 Å². The van der Waals surface area contributed by atoms with Crippen LogP contribution in [0.1, 0.15) is 43.2 Å². The molecule has 1 saturated heterocycles. The van der Waals surface area contributed by atoms with Crippen LogP contribution >= 0.6 is 0 Å². The Morgan fingerprint density at radius 2 is 2.20 bits per heavy atom. The second-order valence-electron chi connectivity index (χ2n) is 6.54. The lowest BCUT2D eigenvalue weighted by atomic mass is 9.70. The largest absolute Gasteiger partial charge is 0.375 e. The second-order valence-corrected chi connectivity index (χ2v) is 6.54. The van der Waals surface area contributed by atoms with Crippen LogP contribution < -0.4 is 11.3 Å². The highest BCUT2D eigenvalue weighted by atomic mass is 16.5. The first-order valence-corrected chi connectivity index (χ1v) is 7.87. The Morgan fingerprint density at radius 3 is 2.85 bits per heavy atom. The summed E-state index contributed by atoms with van der Waals surface area (Å²) < 4.78 is 6.03. The summed E-state index contributed by atoms with van der Waals surface area (Å²) in [5, 5.41) is 0. The average molecular weight is 274 g/mol. The van der Waals surface area contributed by atoms with E-state index < -0.39 is 0 Å². The lowest BCUT2D eigenvalue weighted by Crippen LogP contribution is -2.52. The summed E-state index contributed by atoms with van der Waals surface area (Å²) in [4.78, 5) is 0. The minimum Gasteiger partial charge on any atom is -0.375 e. The van der Waals surface area contributed by atoms with Crippen molar-refractivity contribution in [3.63, 3.8) is 0 Å². The van der Waals surface area contributed by atoms with E-state index in [0.29, 0.717) is 12.0 Å². The van der Waals surface area contributed by atoms with Gasteiger partial charge in [-0.1, -0.05) is 24.3 Å².